The summed E-state index contributed by atoms with van der Waals surface area (Å²) in [7, 11) is 0. The van der Waals surface area contributed by atoms with E-state index in [0.29, 0.717) is 5.92 Å². The molecule has 106 valence electrons. The molecular weight excluding hydrogens is 252 g/mol. The van der Waals surface area contributed by atoms with E-state index in [9.17, 15) is 0 Å². The lowest BCUT2D eigenvalue weighted by Crippen LogP contribution is -2.21. The van der Waals surface area contributed by atoms with Crippen LogP contribution in [0.15, 0.2) is 16.8 Å². The summed E-state index contributed by atoms with van der Waals surface area (Å²) in [6, 6.07) is 1.93. The van der Waals surface area contributed by atoms with Gasteiger partial charge in [0.2, 0.25) is 5.95 Å². The smallest absolute Gasteiger partial charge is 0.225 e. The predicted octanol–water partition coefficient (Wildman–Crippen LogP) is 3.16. The molecule has 1 fully saturated rings. The molecule has 2 aromatic heterocycles. The van der Waals surface area contributed by atoms with E-state index < -0.39 is 0 Å². The van der Waals surface area contributed by atoms with Crippen LogP contribution in [0.3, 0.4) is 0 Å². The van der Waals surface area contributed by atoms with Crippen molar-refractivity contribution in [2.24, 2.45) is 0 Å². The van der Waals surface area contributed by atoms with E-state index in [4.69, 9.17) is 9.51 Å². The zero-order chi connectivity index (χ0) is 14.1. The fourth-order valence-corrected chi connectivity index (χ4v) is 2.58. The van der Waals surface area contributed by atoms with Gasteiger partial charge in [0, 0.05) is 25.4 Å². The minimum absolute atomic E-state index is 0.319. The number of aromatic nitrogens is 3. The van der Waals surface area contributed by atoms with E-state index in [-0.39, 0.29) is 0 Å². The SMILES string of the molecule is Cc1cc(-c2cnc(N3CCCC3)nc2C(C)C)on1. The molecule has 5 nitrogen and oxygen atoms in total. The van der Waals surface area contributed by atoms with Crippen molar-refractivity contribution in [2.45, 2.75) is 39.5 Å². The molecule has 1 aliphatic rings. The van der Waals surface area contributed by atoms with Gasteiger partial charge in [-0.2, -0.15) is 0 Å². The third-order valence-corrected chi connectivity index (χ3v) is 3.63. The quantitative estimate of drug-likeness (QED) is 0.859. The zero-order valence-corrected chi connectivity index (χ0v) is 12.3. The summed E-state index contributed by atoms with van der Waals surface area (Å²) >= 11 is 0. The minimum atomic E-state index is 0.319. The van der Waals surface area contributed by atoms with Crippen molar-refractivity contribution in [3.8, 4) is 11.3 Å². The lowest BCUT2D eigenvalue weighted by atomic mass is 10.0. The van der Waals surface area contributed by atoms with Gasteiger partial charge in [0.1, 0.15) is 0 Å². The predicted molar refractivity (Wildman–Crippen MR) is 77.8 cm³/mol. The van der Waals surface area contributed by atoms with Crippen molar-refractivity contribution in [1.82, 2.24) is 15.1 Å². The van der Waals surface area contributed by atoms with Crippen molar-refractivity contribution >= 4 is 5.95 Å². The summed E-state index contributed by atoms with van der Waals surface area (Å²) < 4.78 is 5.36. The Kier molecular flexibility index (Phi) is 3.42. The molecule has 0 N–H and O–H groups in total. The molecule has 0 bridgehead atoms. The highest BCUT2D eigenvalue weighted by Crippen LogP contribution is 2.29. The highest BCUT2D eigenvalue weighted by atomic mass is 16.5. The average molecular weight is 272 g/mol. The van der Waals surface area contributed by atoms with Gasteiger partial charge in [-0.15, -0.1) is 0 Å². The van der Waals surface area contributed by atoms with Crippen LogP contribution < -0.4 is 4.90 Å². The molecule has 1 saturated heterocycles. The molecule has 1 aliphatic heterocycles. The summed E-state index contributed by atoms with van der Waals surface area (Å²) in [6.07, 6.45) is 4.32. The Labute approximate surface area is 119 Å². The number of aryl methyl sites for hydroxylation is 1. The van der Waals surface area contributed by atoms with Crippen molar-refractivity contribution < 1.29 is 4.52 Å². The molecule has 3 rings (SSSR count). The Hall–Kier alpha value is -1.91. The van der Waals surface area contributed by atoms with Crippen LogP contribution in [0.25, 0.3) is 11.3 Å². The van der Waals surface area contributed by atoms with Crippen LogP contribution >= 0.6 is 0 Å². The fraction of sp³-hybridized carbons (Fsp3) is 0.533. The van der Waals surface area contributed by atoms with Gasteiger partial charge in [-0.25, -0.2) is 9.97 Å². The molecule has 5 heteroatoms. The average Bonchev–Trinajstić information content (AvgIpc) is 3.09. The zero-order valence-electron chi connectivity index (χ0n) is 12.3. The maximum Gasteiger partial charge on any atom is 0.225 e. The molecule has 0 unspecified atom stereocenters. The van der Waals surface area contributed by atoms with Crippen LogP contribution in [0.1, 0.15) is 44.0 Å². The van der Waals surface area contributed by atoms with Crippen LogP contribution in [0.4, 0.5) is 5.95 Å². The van der Waals surface area contributed by atoms with Crippen LogP contribution in [0.2, 0.25) is 0 Å². The fourth-order valence-electron chi connectivity index (χ4n) is 2.58. The van der Waals surface area contributed by atoms with Gasteiger partial charge < -0.3 is 9.42 Å². The molecule has 0 spiro atoms. The monoisotopic (exact) mass is 272 g/mol. The summed E-state index contributed by atoms with van der Waals surface area (Å²) in [5, 5.41) is 3.95. The van der Waals surface area contributed by atoms with Gasteiger partial charge in [-0.05, 0) is 25.7 Å². The molecule has 3 heterocycles. The topological polar surface area (TPSA) is 55.1 Å². The molecule has 0 aromatic carbocycles. The molecule has 0 aliphatic carbocycles. The normalized spacial score (nSPS) is 15.3. The first-order valence-corrected chi connectivity index (χ1v) is 7.20. The minimum Gasteiger partial charge on any atom is -0.356 e. The molecule has 0 saturated carbocycles. The molecule has 0 amide bonds. The number of nitrogens with zero attached hydrogens (tertiary/aromatic N) is 4. The molecular formula is C15H20N4O. The van der Waals surface area contributed by atoms with Crippen molar-refractivity contribution in [3.63, 3.8) is 0 Å². The van der Waals surface area contributed by atoms with Gasteiger partial charge in [0.15, 0.2) is 5.76 Å². The lowest BCUT2D eigenvalue weighted by molar-refractivity contribution is 0.426. The van der Waals surface area contributed by atoms with E-state index in [2.05, 4.69) is 28.9 Å². The first kappa shape index (κ1) is 13.1. The number of hydrogen-bond donors (Lipinski definition) is 0. The van der Waals surface area contributed by atoms with E-state index in [1.807, 2.05) is 19.2 Å². The maximum absolute atomic E-state index is 5.36. The highest BCUT2D eigenvalue weighted by molar-refractivity contribution is 5.61. The van der Waals surface area contributed by atoms with Gasteiger partial charge in [-0.1, -0.05) is 19.0 Å². The second kappa shape index (κ2) is 5.23. The Balaban J connectivity index is 2.02. The van der Waals surface area contributed by atoms with Gasteiger partial charge in [-0.3, -0.25) is 0 Å². The molecule has 0 atom stereocenters. The van der Waals surface area contributed by atoms with Crippen LogP contribution in [-0.2, 0) is 0 Å². The van der Waals surface area contributed by atoms with Crippen LogP contribution in [0, 0.1) is 6.92 Å². The Morgan fingerprint density at radius 2 is 2.00 bits per heavy atom. The molecule has 20 heavy (non-hydrogen) atoms. The number of rotatable bonds is 3. The van der Waals surface area contributed by atoms with Gasteiger partial charge in [0.05, 0.1) is 17.0 Å². The summed E-state index contributed by atoms with van der Waals surface area (Å²) in [5.41, 5.74) is 2.85. The third-order valence-electron chi connectivity index (χ3n) is 3.63. The second-order valence-electron chi connectivity index (χ2n) is 5.65. The largest absolute Gasteiger partial charge is 0.356 e. The first-order chi connectivity index (χ1) is 9.65. The van der Waals surface area contributed by atoms with Crippen molar-refractivity contribution in [2.75, 3.05) is 18.0 Å². The van der Waals surface area contributed by atoms with E-state index in [1.165, 1.54) is 12.8 Å². The summed E-state index contributed by atoms with van der Waals surface area (Å²) in [4.78, 5) is 11.5. The third kappa shape index (κ3) is 2.40. The second-order valence-corrected chi connectivity index (χ2v) is 5.65. The summed E-state index contributed by atoms with van der Waals surface area (Å²) in [5.74, 6) is 1.91. The number of anilines is 1. The van der Waals surface area contributed by atoms with Crippen LogP contribution in [-0.4, -0.2) is 28.2 Å². The van der Waals surface area contributed by atoms with Crippen molar-refractivity contribution in [1.29, 1.82) is 0 Å². The van der Waals surface area contributed by atoms with Gasteiger partial charge in [0.25, 0.3) is 0 Å². The Morgan fingerprint density at radius 3 is 2.60 bits per heavy atom. The van der Waals surface area contributed by atoms with Crippen molar-refractivity contribution in [3.05, 3.63) is 23.7 Å². The first-order valence-electron chi connectivity index (χ1n) is 7.20. The lowest BCUT2D eigenvalue weighted by Gasteiger charge is -2.18. The van der Waals surface area contributed by atoms with Gasteiger partial charge >= 0.3 is 0 Å². The Bertz CT molecular complexity index is 600. The Morgan fingerprint density at radius 1 is 1.25 bits per heavy atom. The van der Waals surface area contributed by atoms with E-state index in [0.717, 1.165) is 41.7 Å². The van der Waals surface area contributed by atoms with Crippen LogP contribution in [0.5, 0.6) is 0 Å². The molecule has 0 radical (unpaired) electrons. The van der Waals surface area contributed by atoms with E-state index in [1.54, 1.807) is 0 Å². The maximum atomic E-state index is 5.36. The van der Waals surface area contributed by atoms with E-state index >= 15 is 0 Å². The summed E-state index contributed by atoms with van der Waals surface area (Å²) in [6.45, 7) is 8.31. The molecule has 2 aromatic rings. The number of hydrogen-bond acceptors (Lipinski definition) is 5. The standard InChI is InChI=1S/C15H20N4O/c1-10(2)14-12(13-8-11(3)18-20-13)9-16-15(17-14)19-6-4-5-7-19/h8-10H,4-7H2,1-3H3. The highest BCUT2D eigenvalue weighted by Gasteiger charge is 2.20.